The molecule has 0 saturated heterocycles. The molecule has 0 bridgehead atoms. The second kappa shape index (κ2) is 18.1. The second-order valence-electron chi connectivity index (χ2n) is 7.65. The van der Waals surface area contributed by atoms with Crippen molar-refractivity contribution in [2.45, 2.75) is 73.8 Å². The fourth-order valence-corrected chi connectivity index (χ4v) is 3.44. The van der Waals surface area contributed by atoms with Crippen molar-refractivity contribution in [1.82, 2.24) is 15.0 Å². The number of carbonyl (C=O) groups excluding carboxylic acids is 2. The summed E-state index contributed by atoms with van der Waals surface area (Å²) in [5, 5.41) is 8.36. The van der Waals surface area contributed by atoms with E-state index in [0.717, 1.165) is 42.5 Å². The Kier molecular flexibility index (Phi) is 15.2. The van der Waals surface area contributed by atoms with Crippen molar-refractivity contribution in [3.8, 4) is 12.3 Å². The van der Waals surface area contributed by atoms with Crippen molar-refractivity contribution < 1.29 is 19.1 Å². The quantitative estimate of drug-likeness (QED) is 0.321. The van der Waals surface area contributed by atoms with Gasteiger partial charge in [0.25, 0.3) is 0 Å². The summed E-state index contributed by atoms with van der Waals surface area (Å²) >= 11 is 0. The molecule has 4 rings (SSSR count). The Morgan fingerprint density at radius 3 is 2.03 bits per heavy atom. The van der Waals surface area contributed by atoms with Crippen LogP contribution in [0.1, 0.15) is 78.5 Å². The Labute approximate surface area is 226 Å². The summed E-state index contributed by atoms with van der Waals surface area (Å²) in [6.07, 6.45) is 18.4. The fourth-order valence-electron chi connectivity index (χ4n) is 3.44. The van der Waals surface area contributed by atoms with Gasteiger partial charge in [-0.25, -0.2) is 4.68 Å². The predicted molar refractivity (Wildman–Crippen MR) is 151 cm³/mol. The average molecular weight is 518 g/mol. The van der Waals surface area contributed by atoms with Crippen LogP contribution in [0.3, 0.4) is 0 Å². The molecule has 7 nitrogen and oxygen atoms in total. The Morgan fingerprint density at radius 2 is 1.42 bits per heavy atom. The molecule has 202 valence electrons. The molecule has 1 aromatic heterocycles. The van der Waals surface area contributed by atoms with Crippen LogP contribution >= 0.6 is 0 Å². The Hall–Kier alpha value is -4.18. The van der Waals surface area contributed by atoms with Crippen molar-refractivity contribution in [1.29, 1.82) is 0 Å². The van der Waals surface area contributed by atoms with Gasteiger partial charge in [-0.1, -0.05) is 81.3 Å². The largest absolute Gasteiger partial charge is 0.426 e. The van der Waals surface area contributed by atoms with Crippen molar-refractivity contribution in [2.24, 2.45) is 0 Å². The molecule has 2 aliphatic carbocycles. The van der Waals surface area contributed by atoms with Gasteiger partial charge in [0.05, 0.1) is 18.3 Å². The zero-order valence-electron chi connectivity index (χ0n) is 23.4. The molecule has 0 N–H and O–H groups in total. The zero-order valence-corrected chi connectivity index (χ0v) is 23.4. The maximum absolute atomic E-state index is 11.2. The number of hydrogen-bond donors (Lipinski definition) is 0. The molecule has 7 heteroatoms. The number of rotatable bonds is 5. The van der Waals surface area contributed by atoms with E-state index in [1.165, 1.54) is 13.8 Å². The summed E-state index contributed by atoms with van der Waals surface area (Å²) in [7, 11) is 0. The van der Waals surface area contributed by atoms with Gasteiger partial charge in [-0.3, -0.25) is 9.59 Å². The monoisotopic (exact) mass is 517 g/mol. The Morgan fingerprint density at radius 1 is 0.868 bits per heavy atom. The highest BCUT2D eigenvalue weighted by Gasteiger charge is 2.17. The Bertz CT molecular complexity index is 1200. The normalized spacial score (nSPS) is 13.5. The molecule has 0 amide bonds. The molecule has 0 atom stereocenters. The molecule has 0 fully saturated rings. The van der Waals surface area contributed by atoms with E-state index in [9.17, 15) is 9.59 Å². The fraction of sp³-hybridized carbons (Fsp3) is 0.355. The lowest BCUT2D eigenvalue weighted by molar-refractivity contribution is -0.137. The van der Waals surface area contributed by atoms with Crippen molar-refractivity contribution in [3.63, 3.8) is 0 Å². The maximum Gasteiger partial charge on any atom is 0.308 e. The highest BCUT2D eigenvalue weighted by atomic mass is 16.5. The van der Waals surface area contributed by atoms with Gasteiger partial charge in [0.2, 0.25) is 0 Å². The van der Waals surface area contributed by atoms with Crippen LogP contribution in [0.15, 0.2) is 77.9 Å². The first kappa shape index (κ1) is 31.8. The van der Waals surface area contributed by atoms with Gasteiger partial charge in [0.1, 0.15) is 17.2 Å². The highest BCUT2D eigenvalue weighted by molar-refractivity contribution is 5.80. The molecular formula is C31H39N3O4. The summed E-state index contributed by atoms with van der Waals surface area (Å²) in [4.78, 5) is 21.8. The van der Waals surface area contributed by atoms with Gasteiger partial charge in [-0.05, 0) is 43.4 Å². The van der Waals surface area contributed by atoms with Crippen LogP contribution in [0.4, 0.5) is 0 Å². The molecule has 2 aromatic rings. The molecule has 0 saturated carbocycles. The summed E-state index contributed by atoms with van der Waals surface area (Å²) in [5.41, 5.74) is 3.40. The van der Waals surface area contributed by atoms with Crippen LogP contribution < -0.4 is 0 Å². The molecule has 0 radical (unpaired) electrons. The van der Waals surface area contributed by atoms with Gasteiger partial charge in [-0.15, -0.1) is 11.5 Å². The number of nitrogens with zero attached hydrogens (tertiary/aromatic N) is 3. The summed E-state index contributed by atoms with van der Waals surface area (Å²) < 4.78 is 12.0. The third kappa shape index (κ3) is 10.8. The van der Waals surface area contributed by atoms with Crippen molar-refractivity contribution in [3.05, 3.63) is 89.2 Å². The number of allylic oxidation sites excluding steroid dienone is 6. The lowest BCUT2D eigenvalue weighted by Gasteiger charge is -2.13. The zero-order chi connectivity index (χ0) is 28.3. The summed E-state index contributed by atoms with van der Waals surface area (Å²) in [5.74, 6) is 2.92. The number of carbonyl (C=O) groups is 2. The van der Waals surface area contributed by atoms with Gasteiger partial charge < -0.3 is 9.47 Å². The second-order valence-corrected chi connectivity index (χ2v) is 7.65. The van der Waals surface area contributed by atoms with Gasteiger partial charge in [0.15, 0.2) is 0 Å². The topological polar surface area (TPSA) is 83.3 Å². The number of aromatic nitrogens is 3. The molecule has 2 aliphatic rings. The SMILES string of the molecule is C#CC1=CCCC=C1OC(C)=O.CC.CC.CC(=O)OC1=CCCC=C1c1cn(Cc2ccccc2)nn1. The minimum atomic E-state index is -0.329. The van der Waals surface area contributed by atoms with E-state index in [4.69, 9.17) is 15.9 Å². The number of hydrogen-bond acceptors (Lipinski definition) is 6. The van der Waals surface area contributed by atoms with Gasteiger partial charge >= 0.3 is 11.9 Å². The minimum Gasteiger partial charge on any atom is -0.426 e. The van der Waals surface area contributed by atoms with Crippen LogP contribution in [-0.2, 0) is 25.6 Å². The van der Waals surface area contributed by atoms with E-state index in [1.807, 2.05) is 88.5 Å². The molecule has 0 aliphatic heterocycles. The van der Waals surface area contributed by atoms with Crippen LogP contribution in [-0.4, -0.2) is 26.9 Å². The molecule has 1 aromatic carbocycles. The summed E-state index contributed by atoms with van der Waals surface area (Å²) in [6.45, 7) is 11.4. The van der Waals surface area contributed by atoms with E-state index in [0.29, 0.717) is 23.6 Å². The first-order valence-corrected chi connectivity index (χ1v) is 13.1. The standard InChI is InChI=1S/C17H17N3O2.C10H10O2.2C2H6/c1-13(21)22-17-10-6-5-9-15(17)16-12-20(19-18-16)11-14-7-3-2-4-8-14;1-3-9-6-4-5-7-10(9)12-8(2)11;2*1-2/h2-4,7-10,12H,5-6,11H2,1H3;1,6-7H,4-5H2,2H3;2*1-2H3. The first-order valence-electron chi connectivity index (χ1n) is 13.1. The number of esters is 2. The summed E-state index contributed by atoms with van der Waals surface area (Å²) in [6, 6.07) is 10.1. The lowest BCUT2D eigenvalue weighted by atomic mass is 10.0. The molecule has 0 unspecified atom stereocenters. The minimum absolute atomic E-state index is 0.323. The predicted octanol–water partition coefficient (Wildman–Crippen LogP) is 6.79. The van der Waals surface area contributed by atoms with Crippen LogP contribution in [0.25, 0.3) is 5.57 Å². The average Bonchev–Trinajstić information content (AvgIpc) is 3.40. The molecular weight excluding hydrogens is 478 g/mol. The number of ether oxygens (including phenoxy) is 2. The van der Waals surface area contributed by atoms with Gasteiger partial charge in [0, 0.05) is 19.4 Å². The number of terminal acetylenes is 1. The van der Waals surface area contributed by atoms with E-state index in [1.54, 1.807) is 4.68 Å². The van der Waals surface area contributed by atoms with Crippen molar-refractivity contribution in [2.75, 3.05) is 0 Å². The van der Waals surface area contributed by atoms with Gasteiger partial charge in [-0.2, -0.15) is 0 Å². The molecule has 38 heavy (non-hydrogen) atoms. The van der Waals surface area contributed by atoms with Crippen LogP contribution in [0, 0.1) is 12.3 Å². The van der Waals surface area contributed by atoms with Crippen molar-refractivity contribution >= 4 is 17.5 Å². The third-order valence-electron chi connectivity index (χ3n) is 4.89. The molecule has 1 heterocycles. The molecule has 0 spiro atoms. The number of benzene rings is 1. The maximum atomic E-state index is 11.2. The lowest BCUT2D eigenvalue weighted by Crippen LogP contribution is -2.04. The van der Waals surface area contributed by atoms with E-state index in [2.05, 4.69) is 16.2 Å². The van der Waals surface area contributed by atoms with E-state index >= 15 is 0 Å². The third-order valence-corrected chi connectivity index (χ3v) is 4.89. The Balaban J connectivity index is 0.000000383. The van der Waals surface area contributed by atoms with Crippen LogP contribution in [0.5, 0.6) is 0 Å². The van der Waals surface area contributed by atoms with Crippen LogP contribution in [0.2, 0.25) is 0 Å². The first-order chi connectivity index (χ1) is 18.5. The smallest absolute Gasteiger partial charge is 0.308 e. The highest BCUT2D eigenvalue weighted by Crippen LogP contribution is 2.27. The van der Waals surface area contributed by atoms with E-state index < -0.39 is 0 Å². The van der Waals surface area contributed by atoms with E-state index in [-0.39, 0.29) is 11.9 Å².